The fourth-order valence-electron chi connectivity index (χ4n) is 3.52. The van der Waals surface area contributed by atoms with Gasteiger partial charge >= 0.3 is 0 Å². The van der Waals surface area contributed by atoms with E-state index in [-0.39, 0.29) is 5.75 Å². The second kappa shape index (κ2) is 6.55. The number of hydrogen-bond acceptors (Lipinski definition) is 6. The van der Waals surface area contributed by atoms with Gasteiger partial charge in [0, 0.05) is 34.0 Å². The third kappa shape index (κ3) is 2.88. The van der Waals surface area contributed by atoms with Crippen LogP contribution in [-0.4, -0.2) is 28.2 Å². The van der Waals surface area contributed by atoms with E-state index in [1.807, 2.05) is 18.2 Å². The number of ether oxygens (including phenoxy) is 1. The van der Waals surface area contributed by atoms with E-state index in [1.54, 1.807) is 29.9 Å². The second-order valence-electron chi connectivity index (χ2n) is 6.47. The van der Waals surface area contributed by atoms with Gasteiger partial charge in [-0.25, -0.2) is 9.97 Å². The van der Waals surface area contributed by atoms with Crippen LogP contribution in [0.5, 0.6) is 11.5 Å². The number of phenols is 1. The average Bonchev–Trinajstić information content (AvgIpc) is 3.01. The van der Waals surface area contributed by atoms with E-state index >= 15 is 0 Å². The van der Waals surface area contributed by atoms with Crippen molar-refractivity contribution in [1.29, 1.82) is 0 Å². The molecule has 1 N–H and O–H groups in total. The van der Waals surface area contributed by atoms with Gasteiger partial charge in [-0.05, 0) is 35.2 Å². The number of aromatic hydroxyl groups is 1. The zero-order valence-corrected chi connectivity index (χ0v) is 15.3. The molecule has 5 nitrogen and oxygen atoms in total. The van der Waals surface area contributed by atoms with E-state index in [4.69, 9.17) is 4.74 Å². The van der Waals surface area contributed by atoms with Gasteiger partial charge in [-0.1, -0.05) is 18.2 Å². The van der Waals surface area contributed by atoms with Gasteiger partial charge in [0.15, 0.2) is 11.5 Å². The van der Waals surface area contributed by atoms with Gasteiger partial charge in [-0.15, -0.1) is 11.3 Å². The molecule has 6 heteroatoms. The zero-order chi connectivity index (χ0) is 18.2. The van der Waals surface area contributed by atoms with Gasteiger partial charge < -0.3 is 14.7 Å². The number of benzene rings is 2. The third-order valence-corrected chi connectivity index (χ3v) is 5.76. The molecule has 2 aromatic carbocycles. The Kier molecular flexibility index (Phi) is 3.90. The van der Waals surface area contributed by atoms with E-state index < -0.39 is 0 Å². The lowest BCUT2D eigenvalue weighted by Gasteiger charge is -2.20. The number of phenolic OH excluding ortho intramolecular Hbond substituents is 1. The predicted molar refractivity (Wildman–Crippen MR) is 108 cm³/mol. The summed E-state index contributed by atoms with van der Waals surface area (Å²) in [6, 6.07) is 14.1. The first kappa shape index (κ1) is 16.1. The maximum absolute atomic E-state index is 10.6. The minimum Gasteiger partial charge on any atom is -0.504 e. The van der Waals surface area contributed by atoms with E-state index in [1.165, 1.54) is 10.1 Å². The lowest BCUT2D eigenvalue weighted by atomic mass is 10.0. The Labute approximate surface area is 160 Å². The van der Waals surface area contributed by atoms with Crippen molar-refractivity contribution in [1.82, 2.24) is 9.97 Å². The van der Waals surface area contributed by atoms with Crippen LogP contribution in [0.25, 0.3) is 21.2 Å². The first-order valence-electron chi connectivity index (χ1n) is 8.76. The molecule has 0 fully saturated rings. The lowest BCUT2D eigenvalue weighted by molar-refractivity contribution is 0.311. The first-order chi connectivity index (χ1) is 13.3. The fraction of sp³-hybridized carbons (Fsp3) is 0.143. The molecule has 0 atom stereocenters. The summed E-state index contributed by atoms with van der Waals surface area (Å²) in [5.41, 5.74) is 3.08. The van der Waals surface area contributed by atoms with Crippen LogP contribution in [0.4, 0.5) is 5.82 Å². The van der Waals surface area contributed by atoms with Crippen LogP contribution in [0.3, 0.4) is 0 Å². The highest BCUT2D eigenvalue weighted by Gasteiger charge is 2.21. The van der Waals surface area contributed by atoms with Gasteiger partial charge in [0.2, 0.25) is 0 Å². The normalized spacial score (nSPS) is 13.9. The second-order valence-corrected chi connectivity index (χ2v) is 7.38. The summed E-state index contributed by atoms with van der Waals surface area (Å²) in [5.74, 6) is 1.60. The summed E-state index contributed by atoms with van der Waals surface area (Å²) < 4.78 is 7.10. The molecule has 0 bridgehead atoms. The van der Waals surface area contributed by atoms with Crippen molar-refractivity contribution in [3.63, 3.8) is 0 Å². The molecule has 2 aromatic heterocycles. The van der Waals surface area contributed by atoms with Gasteiger partial charge in [0.25, 0.3) is 0 Å². The molecule has 1 aliphatic rings. The number of anilines is 1. The van der Waals surface area contributed by atoms with Crippen molar-refractivity contribution >= 4 is 27.2 Å². The Balaban J connectivity index is 1.59. The highest BCUT2D eigenvalue weighted by molar-refractivity contribution is 7.17. The van der Waals surface area contributed by atoms with Gasteiger partial charge in [-0.3, -0.25) is 0 Å². The molecule has 134 valence electrons. The van der Waals surface area contributed by atoms with Crippen LogP contribution in [0.1, 0.15) is 5.56 Å². The summed E-state index contributed by atoms with van der Waals surface area (Å²) in [6.07, 6.45) is 3.29. The summed E-state index contributed by atoms with van der Waals surface area (Å²) in [7, 11) is 0. The number of hydrogen-bond donors (Lipinski definition) is 1. The minimum atomic E-state index is 0.183. The number of thiophene rings is 1. The fourth-order valence-corrected chi connectivity index (χ4v) is 4.49. The Bertz CT molecular complexity index is 1110. The van der Waals surface area contributed by atoms with E-state index in [0.29, 0.717) is 25.4 Å². The quantitative estimate of drug-likeness (QED) is 0.560. The SMILES string of the molecule is Oc1cc(-c2csc3ccccc23)cc2c1OCCN(c1ccncn1)C2. The van der Waals surface area contributed by atoms with Crippen molar-refractivity contribution in [2.75, 3.05) is 18.1 Å². The molecule has 0 radical (unpaired) electrons. The average molecular weight is 375 g/mol. The standard InChI is InChI=1S/C21H17N3O2S/c25-18-10-14(17-12-27-19-4-2-1-3-16(17)19)9-15-11-24(7-8-26-21(15)18)20-5-6-22-13-23-20/h1-6,9-10,12-13,25H,7-8,11H2. The Morgan fingerprint density at radius 2 is 2.07 bits per heavy atom. The molecule has 5 rings (SSSR count). The molecule has 3 heterocycles. The van der Waals surface area contributed by atoms with Crippen LogP contribution >= 0.6 is 11.3 Å². The van der Waals surface area contributed by atoms with Crippen molar-refractivity contribution in [3.8, 4) is 22.6 Å². The van der Waals surface area contributed by atoms with Crippen LogP contribution < -0.4 is 9.64 Å². The molecule has 0 unspecified atom stereocenters. The lowest BCUT2D eigenvalue weighted by Crippen LogP contribution is -2.26. The molecule has 0 amide bonds. The smallest absolute Gasteiger partial charge is 0.166 e. The number of rotatable bonds is 2. The molecular weight excluding hydrogens is 358 g/mol. The molecule has 4 aromatic rings. The summed E-state index contributed by atoms with van der Waals surface area (Å²) in [6.45, 7) is 1.81. The largest absolute Gasteiger partial charge is 0.504 e. The zero-order valence-electron chi connectivity index (χ0n) is 14.5. The van der Waals surface area contributed by atoms with Crippen LogP contribution in [-0.2, 0) is 6.54 Å². The number of aromatic nitrogens is 2. The van der Waals surface area contributed by atoms with Crippen molar-refractivity contribution < 1.29 is 9.84 Å². The first-order valence-corrected chi connectivity index (χ1v) is 9.64. The van der Waals surface area contributed by atoms with Crippen LogP contribution in [0, 0.1) is 0 Å². The molecular formula is C21H17N3O2S. The Morgan fingerprint density at radius 3 is 2.96 bits per heavy atom. The van der Waals surface area contributed by atoms with E-state index in [2.05, 4.69) is 38.4 Å². The monoisotopic (exact) mass is 375 g/mol. The summed E-state index contributed by atoms with van der Waals surface area (Å²) >= 11 is 1.71. The molecule has 0 spiro atoms. The maximum atomic E-state index is 10.6. The third-order valence-electron chi connectivity index (χ3n) is 4.80. The van der Waals surface area contributed by atoms with E-state index in [9.17, 15) is 5.11 Å². The number of fused-ring (bicyclic) bond motifs is 2. The van der Waals surface area contributed by atoms with E-state index in [0.717, 1.165) is 22.5 Å². The van der Waals surface area contributed by atoms with Crippen molar-refractivity contribution in [2.45, 2.75) is 6.54 Å². The molecule has 0 aliphatic carbocycles. The summed E-state index contributed by atoms with van der Waals surface area (Å²) in [4.78, 5) is 10.5. The van der Waals surface area contributed by atoms with Crippen LogP contribution in [0.2, 0.25) is 0 Å². The maximum Gasteiger partial charge on any atom is 0.166 e. The van der Waals surface area contributed by atoms with Crippen molar-refractivity contribution in [2.24, 2.45) is 0 Å². The Morgan fingerprint density at radius 1 is 1.15 bits per heavy atom. The molecule has 27 heavy (non-hydrogen) atoms. The molecule has 1 aliphatic heterocycles. The summed E-state index contributed by atoms with van der Waals surface area (Å²) in [5, 5.41) is 14.0. The van der Waals surface area contributed by atoms with Gasteiger partial charge in [0.1, 0.15) is 18.8 Å². The van der Waals surface area contributed by atoms with Crippen molar-refractivity contribution in [3.05, 3.63) is 65.9 Å². The molecule has 0 saturated heterocycles. The van der Waals surface area contributed by atoms with Crippen LogP contribution in [0.15, 0.2) is 60.4 Å². The number of nitrogens with zero attached hydrogens (tertiary/aromatic N) is 3. The van der Waals surface area contributed by atoms with Gasteiger partial charge in [-0.2, -0.15) is 0 Å². The molecule has 0 saturated carbocycles. The minimum absolute atomic E-state index is 0.183. The Hall–Kier alpha value is -3.12. The topological polar surface area (TPSA) is 58.5 Å². The highest BCUT2D eigenvalue weighted by atomic mass is 32.1. The van der Waals surface area contributed by atoms with Gasteiger partial charge in [0.05, 0.1) is 6.54 Å². The highest BCUT2D eigenvalue weighted by Crippen LogP contribution is 2.41. The predicted octanol–water partition coefficient (Wildman–Crippen LogP) is 4.46.